The zero-order valence-corrected chi connectivity index (χ0v) is 16.8. The number of hydrogen-bond acceptors (Lipinski definition) is 5. The first-order valence-electron chi connectivity index (χ1n) is 9.14. The Bertz CT molecular complexity index is 773. The van der Waals surface area contributed by atoms with Crippen molar-refractivity contribution in [3.05, 3.63) is 45.6 Å². The van der Waals surface area contributed by atoms with Crippen LogP contribution in [0.3, 0.4) is 0 Å². The predicted octanol–water partition coefficient (Wildman–Crippen LogP) is 3.50. The zero-order valence-electron chi connectivity index (χ0n) is 16.0. The molecule has 1 aromatic carbocycles. The lowest BCUT2D eigenvalue weighted by molar-refractivity contribution is -0.123. The molecule has 0 bridgehead atoms. The minimum Gasteiger partial charge on any atom is -0.490 e. The van der Waals surface area contributed by atoms with Crippen molar-refractivity contribution in [2.75, 3.05) is 13.2 Å². The number of amides is 2. The number of ether oxygens (including phenoxy) is 2. The van der Waals surface area contributed by atoms with E-state index in [1.807, 2.05) is 19.1 Å². The molecule has 0 radical (unpaired) electrons. The van der Waals surface area contributed by atoms with Gasteiger partial charge in [-0.15, -0.1) is 11.3 Å². The van der Waals surface area contributed by atoms with Gasteiger partial charge < -0.3 is 9.47 Å². The molecular weight excluding hydrogens is 364 g/mol. The molecule has 6 nitrogen and oxygen atoms in total. The second-order valence-corrected chi connectivity index (χ2v) is 6.97. The average Bonchev–Trinajstić information content (AvgIpc) is 3.09. The van der Waals surface area contributed by atoms with Crippen LogP contribution in [0.4, 0.5) is 0 Å². The van der Waals surface area contributed by atoms with E-state index in [-0.39, 0.29) is 12.5 Å². The second-order valence-electron chi connectivity index (χ2n) is 5.83. The van der Waals surface area contributed by atoms with Crippen LogP contribution in [0.2, 0.25) is 0 Å². The van der Waals surface area contributed by atoms with Gasteiger partial charge >= 0.3 is 0 Å². The molecule has 2 amide bonds. The molecule has 0 fully saturated rings. The molecule has 2 aromatic rings. The number of benzene rings is 1. The van der Waals surface area contributed by atoms with Crippen molar-refractivity contribution < 1.29 is 19.1 Å². The summed E-state index contributed by atoms with van der Waals surface area (Å²) in [6.07, 6.45) is 2.88. The number of rotatable bonds is 9. The van der Waals surface area contributed by atoms with Crippen LogP contribution in [0.15, 0.2) is 30.3 Å². The van der Waals surface area contributed by atoms with Gasteiger partial charge in [-0.1, -0.05) is 32.4 Å². The molecule has 27 heavy (non-hydrogen) atoms. The van der Waals surface area contributed by atoms with Gasteiger partial charge in [-0.2, -0.15) is 0 Å². The van der Waals surface area contributed by atoms with E-state index < -0.39 is 5.91 Å². The molecule has 0 atom stereocenters. The summed E-state index contributed by atoms with van der Waals surface area (Å²) in [5, 5.41) is 0. The first-order chi connectivity index (χ1) is 13.1. The highest BCUT2D eigenvalue weighted by Gasteiger charge is 2.14. The molecule has 0 saturated heterocycles. The van der Waals surface area contributed by atoms with Crippen molar-refractivity contribution in [3.63, 3.8) is 0 Å². The number of thiophene rings is 1. The van der Waals surface area contributed by atoms with E-state index in [0.717, 1.165) is 19.3 Å². The number of hydrazine groups is 1. The normalized spacial score (nSPS) is 10.3. The monoisotopic (exact) mass is 390 g/mol. The van der Waals surface area contributed by atoms with E-state index in [9.17, 15) is 9.59 Å². The molecule has 1 aromatic heterocycles. The number of carbonyl (C=O) groups excluding carboxylic acids is 2. The summed E-state index contributed by atoms with van der Waals surface area (Å²) < 4.78 is 10.9. The predicted molar refractivity (Wildman–Crippen MR) is 106 cm³/mol. The summed E-state index contributed by atoms with van der Waals surface area (Å²) in [5.41, 5.74) is 6.02. The number of para-hydroxylation sites is 2. The molecule has 2 N–H and O–H groups in total. The van der Waals surface area contributed by atoms with Crippen molar-refractivity contribution in [2.24, 2.45) is 0 Å². The van der Waals surface area contributed by atoms with Crippen LogP contribution in [0, 0.1) is 0 Å². The van der Waals surface area contributed by atoms with Gasteiger partial charge in [-0.05, 0) is 43.5 Å². The molecular formula is C20H26N2O4S. The van der Waals surface area contributed by atoms with E-state index in [2.05, 4.69) is 24.7 Å². The second kappa shape index (κ2) is 10.6. The molecule has 0 saturated carbocycles. The number of nitrogens with one attached hydrogen (secondary N) is 2. The highest BCUT2D eigenvalue weighted by Crippen LogP contribution is 2.26. The van der Waals surface area contributed by atoms with Gasteiger partial charge in [0.15, 0.2) is 18.1 Å². The maximum absolute atomic E-state index is 12.3. The number of aryl methyl sites for hydroxylation is 2. The van der Waals surface area contributed by atoms with Gasteiger partial charge in [0.05, 0.1) is 11.5 Å². The molecule has 0 spiro atoms. The molecule has 0 aliphatic rings. The lowest BCUT2D eigenvalue weighted by atomic mass is 10.1. The third-order valence-corrected chi connectivity index (χ3v) is 5.04. The average molecular weight is 391 g/mol. The Morgan fingerprint density at radius 3 is 2.37 bits per heavy atom. The molecule has 0 aliphatic heterocycles. The third kappa shape index (κ3) is 5.99. The molecule has 7 heteroatoms. The summed E-state index contributed by atoms with van der Waals surface area (Å²) in [7, 11) is 0. The van der Waals surface area contributed by atoms with Crippen molar-refractivity contribution in [1.82, 2.24) is 10.9 Å². The summed E-state index contributed by atoms with van der Waals surface area (Å²) in [6.45, 7) is 6.34. The van der Waals surface area contributed by atoms with Gasteiger partial charge in [0.1, 0.15) is 0 Å². The van der Waals surface area contributed by atoms with Crippen molar-refractivity contribution >= 4 is 23.2 Å². The molecule has 0 aliphatic carbocycles. The Hall–Kier alpha value is -2.54. The lowest BCUT2D eigenvalue weighted by Gasteiger charge is -2.11. The summed E-state index contributed by atoms with van der Waals surface area (Å²) in [6, 6.07) is 9.02. The van der Waals surface area contributed by atoms with Gasteiger partial charge in [0.2, 0.25) is 0 Å². The summed E-state index contributed by atoms with van der Waals surface area (Å²) in [4.78, 5) is 26.1. The maximum Gasteiger partial charge on any atom is 0.279 e. The van der Waals surface area contributed by atoms with Crippen LogP contribution in [-0.2, 0) is 17.6 Å². The fourth-order valence-electron chi connectivity index (χ4n) is 2.53. The van der Waals surface area contributed by atoms with Crippen molar-refractivity contribution in [2.45, 2.75) is 40.0 Å². The Balaban J connectivity index is 1.86. The quantitative estimate of drug-likeness (QED) is 0.643. The van der Waals surface area contributed by atoms with Crippen LogP contribution >= 0.6 is 11.3 Å². The van der Waals surface area contributed by atoms with Crippen LogP contribution in [0.25, 0.3) is 0 Å². The standard InChI is InChI=1S/C20H26N2O4S/c1-4-9-17-14(5-2)12-18(27-17)20(24)22-21-19(23)13-26-16-11-8-7-10-15(16)25-6-3/h7-8,10-12H,4-6,9,13H2,1-3H3,(H,21,23)(H,22,24). The van der Waals surface area contributed by atoms with Gasteiger partial charge in [-0.25, -0.2) is 0 Å². The van der Waals surface area contributed by atoms with E-state index >= 15 is 0 Å². The lowest BCUT2D eigenvalue weighted by Crippen LogP contribution is -2.43. The molecule has 0 unspecified atom stereocenters. The topological polar surface area (TPSA) is 76.7 Å². The Morgan fingerprint density at radius 1 is 1.04 bits per heavy atom. The minimum absolute atomic E-state index is 0.226. The Labute approximate surface area is 163 Å². The first-order valence-corrected chi connectivity index (χ1v) is 9.96. The van der Waals surface area contributed by atoms with Crippen LogP contribution in [0.1, 0.15) is 47.3 Å². The highest BCUT2D eigenvalue weighted by atomic mass is 32.1. The largest absolute Gasteiger partial charge is 0.490 e. The Kier molecular flexibility index (Phi) is 8.13. The van der Waals surface area contributed by atoms with Crippen molar-refractivity contribution in [1.29, 1.82) is 0 Å². The highest BCUT2D eigenvalue weighted by molar-refractivity contribution is 7.14. The van der Waals surface area contributed by atoms with Gasteiger partial charge in [-0.3, -0.25) is 20.4 Å². The van der Waals surface area contributed by atoms with E-state index in [0.29, 0.717) is 23.0 Å². The maximum atomic E-state index is 12.3. The van der Waals surface area contributed by atoms with Gasteiger partial charge in [0.25, 0.3) is 11.8 Å². The zero-order chi connectivity index (χ0) is 19.6. The first kappa shape index (κ1) is 20.8. The minimum atomic E-state index is -0.448. The Morgan fingerprint density at radius 2 is 1.74 bits per heavy atom. The summed E-state index contributed by atoms with van der Waals surface area (Å²) in [5.74, 6) is 0.290. The molecule has 1 heterocycles. The van der Waals surface area contributed by atoms with Crippen LogP contribution < -0.4 is 20.3 Å². The fourth-order valence-corrected chi connectivity index (χ4v) is 3.78. The van der Waals surface area contributed by atoms with Crippen molar-refractivity contribution in [3.8, 4) is 11.5 Å². The smallest absolute Gasteiger partial charge is 0.279 e. The van der Waals surface area contributed by atoms with Crippen LogP contribution in [-0.4, -0.2) is 25.0 Å². The van der Waals surface area contributed by atoms with E-state index in [1.54, 1.807) is 18.2 Å². The molecule has 2 rings (SSSR count). The van der Waals surface area contributed by atoms with Gasteiger partial charge in [0, 0.05) is 4.88 Å². The number of carbonyl (C=O) groups is 2. The van der Waals surface area contributed by atoms with E-state index in [4.69, 9.17) is 9.47 Å². The third-order valence-electron chi connectivity index (χ3n) is 3.80. The summed E-state index contributed by atoms with van der Waals surface area (Å²) >= 11 is 1.47. The van der Waals surface area contributed by atoms with E-state index in [1.165, 1.54) is 21.8 Å². The molecule has 146 valence electrons. The number of hydrogen-bond donors (Lipinski definition) is 2. The SMILES string of the molecule is CCCc1sc(C(=O)NNC(=O)COc2ccccc2OCC)cc1CC. The van der Waals surface area contributed by atoms with Crippen LogP contribution in [0.5, 0.6) is 11.5 Å². The fraction of sp³-hybridized carbons (Fsp3) is 0.400.